The summed E-state index contributed by atoms with van der Waals surface area (Å²) in [6.45, 7) is 3.31. The van der Waals surface area contributed by atoms with E-state index in [0.717, 1.165) is 14.8 Å². The van der Waals surface area contributed by atoms with E-state index in [1.807, 2.05) is 25.1 Å². The summed E-state index contributed by atoms with van der Waals surface area (Å²) in [7, 11) is 0. The van der Waals surface area contributed by atoms with Gasteiger partial charge >= 0.3 is 5.97 Å². The monoisotopic (exact) mass is 375 g/mol. The van der Waals surface area contributed by atoms with Crippen LogP contribution in [0.15, 0.2) is 30.3 Å². The molecule has 1 aliphatic heterocycles. The lowest BCUT2D eigenvalue weighted by Crippen LogP contribution is -2.46. The fourth-order valence-corrected chi connectivity index (χ4v) is 5.35. The van der Waals surface area contributed by atoms with Gasteiger partial charge in [0.05, 0.1) is 17.4 Å². The third-order valence-corrected chi connectivity index (χ3v) is 6.57. The van der Waals surface area contributed by atoms with Crippen molar-refractivity contribution in [3.05, 3.63) is 35.2 Å². The van der Waals surface area contributed by atoms with Gasteiger partial charge in [0, 0.05) is 27.9 Å². The van der Waals surface area contributed by atoms with Crippen LogP contribution >= 0.6 is 22.7 Å². The number of amides is 1. The van der Waals surface area contributed by atoms with Gasteiger partial charge in [-0.1, -0.05) is 18.2 Å². The molecule has 0 radical (unpaired) electrons. The van der Waals surface area contributed by atoms with Gasteiger partial charge in [-0.25, -0.2) is 4.79 Å². The van der Waals surface area contributed by atoms with Gasteiger partial charge in [0.25, 0.3) is 5.91 Å². The average molecular weight is 375 g/mol. The van der Waals surface area contributed by atoms with Crippen molar-refractivity contribution in [1.82, 2.24) is 4.90 Å². The molecule has 4 rings (SSSR count). The Bertz CT molecular complexity index is 945. The maximum absolute atomic E-state index is 12.3. The van der Waals surface area contributed by atoms with Crippen LogP contribution in [0.2, 0.25) is 0 Å². The number of hydrogen-bond donors (Lipinski definition) is 0. The van der Waals surface area contributed by atoms with Crippen molar-refractivity contribution in [3.63, 3.8) is 0 Å². The zero-order valence-corrected chi connectivity index (χ0v) is 15.3. The molecule has 1 saturated heterocycles. The fraction of sp³-hybridized carbons (Fsp3) is 0.333. The standard InChI is InChI=1S/C18H17NO4S2/c1-11-9-19(6-7-22-11)16(20)10-23-18(21)15-8-14-17(25-15)12-4-2-3-5-13(12)24-14/h2-5,8,11H,6-7,9-10H2,1H3. The highest BCUT2D eigenvalue weighted by Crippen LogP contribution is 2.39. The predicted molar refractivity (Wildman–Crippen MR) is 99.5 cm³/mol. The number of carbonyl (C=O) groups is 2. The number of rotatable bonds is 3. The normalized spacial score (nSPS) is 18.0. The Balaban J connectivity index is 1.44. The summed E-state index contributed by atoms with van der Waals surface area (Å²) >= 11 is 3.08. The van der Waals surface area contributed by atoms with E-state index in [0.29, 0.717) is 24.6 Å². The minimum atomic E-state index is -0.438. The number of morpholine rings is 1. The predicted octanol–water partition coefficient (Wildman–Crippen LogP) is 3.52. The van der Waals surface area contributed by atoms with Gasteiger partial charge in [-0.05, 0) is 19.1 Å². The molecule has 130 valence electrons. The average Bonchev–Trinajstić information content (AvgIpc) is 3.17. The van der Waals surface area contributed by atoms with E-state index in [4.69, 9.17) is 9.47 Å². The van der Waals surface area contributed by atoms with E-state index in [1.165, 1.54) is 16.0 Å². The van der Waals surface area contributed by atoms with Gasteiger partial charge < -0.3 is 14.4 Å². The summed E-state index contributed by atoms with van der Waals surface area (Å²) in [5, 5.41) is 1.16. The molecule has 1 fully saturated rings. The van der Waals surface area contributed by atoms with Crippen LogP contribution in [0.25, 0.3) is 19.5 Å². The van der Waals surface area contributed by atoms with Crippen LogP contribution in [0.4, 0.5) is 0 Å². The quantitative estimate of drug-likeness (QED) is 0.657. The maximum Gasteiger partial charge on any atom is 0.348 e. The maximum atomic E-state index is 12.3. The lowest BCUT2D eigenvalue weighted by Gasteiger charge is -2.30. The molecule has 3 heterocycles. The van der Waals surface area contributed by atoms with Crippen molar-refractivity contribution in [2.45, 2.75) is 13.0 Å². The summed E-state index contributed by atoms with van der Waals surface area (Å²) in [6, 6.07) is 9.99. The van der Waals surface area contributed by atoms with Crippen molar-refractivity contribution in [2.75, 3.05) is 26.3 Å². The Morgan fingerprint density at radius 2 is 2.12 bits per heavy atom. The number of esters is 1. The van der Waals surface area contributed by atoms with E-state index in [-0.39, 0.29) is 18.6 Å². The van der Waals surface area contributed by atoms with Gasteiger partial charge in [-0.2, -0.15) is 0 Å². The molecule has 0 saturated carbocycles. The zero-order valence-electron chi connectivity index (χ0n) is 13.7. The molecule has 2 aromatic heterocycles. The first kappa shape index (κ1) is 16.5. The highest BCUT2D eigenvalue weighted by Gasteiger charge is 2.23. The molecule has 0 spiro atoms. The number of ether oxygens (including phenoxy) is 2. The number of nitrogens with zero attached hydrogens (tertiary/aromatic N) is 1. The molecule has 5 nitrogen and oxygen atoms in total. The van der Waals surface area contributed by atoms with Gasteiger partial charge in [0.15, 0.2) is 6.61 Å². The molecule has 0 bridgehead atoms. The number of carbonyl (C=O) groups excluding carboxylic acids is 2. The van der Waals surface area contributed by atoms with E-state index < -0.39 is 5.97 Å². The second kappa shape index (κ2) is 6.74. The zero-order chi connectivity index (χ0) is 17.4. The van der Waals surface area contributed by atoms with E-state index in [1.54, 1.807) is 16.2 Å². The number of benzene rings is 1. The molecule has 0 aliphatic carbocycles. The molecular weight excluding hydrogens is 358 g/mol. The van der Waals surface area contributed by atoms with E-state index >= 15 is 0 Å². The Hall–Kier alpha value is -1.96. The molecule has 1 unspecified atom stereocenters. The third kappa shape index (κ3) is 3.27. The van der Waals surface area contributed by atoms with Gasteiger partial charge in [0.2, 0.25) is 0 Å². The molecule has 25 heavy (non-hydrogen) atoms. The van der Waals surface area contributed by atoms with Crippen LogP contribution in [-0.2, 0) is 14.3 Å². The summed E-state index contributed by atoms with van der Waals surface area (Å²) < 4.78 is 14.0. The van der Waals surface area contributed by atoms with Crippen LogP contribution in [0.5, 0.6) is 0 Å². The summed E-state index contributed by atoms with van der Waals surface area (Å²) in [5.41, 5.74) is 0. The minimum absolute atomic E-state index is 0.0192. The van der Waals surface area contributed by atoms with Gasteiger partial charge in [0.1, 0.15) is 4.88 Å². The molecular formula is C18H17NO4S2. The van der Waals surface area contributed by atoms with Crippen molar-refractivity contribution in [3.8, 4) is 0 Å². The Morgan fingerprint density at radius 3 is 2.96 bits per heavy atom. The largest absolute Gasteiger partial charge is 0.451 e. The Labute approximate surface area is 152 Å². The van der Waals surface area contributed by atoms with Crippen molar-refractivity contribution in [2.24, 2.45) is 0 Å². The third-order valence-electron chi connectivity index (χ3n) is 4.17. The highest BCUT2D eigenvalue weighted by atomic mass is 32.1. The lowest BCUT2D eigenvalue weighted by molar-refractivity contribution is -0.141. The second-order valence-electron chi connectivity index (χ2n) is 6.00. The highest BCUT2D eigenvalue weighted by molar-refractivity contribution is 7.33. The van der Waals surface area contributed by atoms with Crippen LogP contribution in [0.1, 0.15) is 16.6 Å². The number of hydrogen-bond acceptors (Lipinski definition) is 6. The molecule has 1 aliphatic rings. The van der Waals surface area contributed by atoms with Crippen LogP contribution in [-0.4, -0.2) is 49.2 Å². The van der Waals surface area contributed by atoms with Crippen LogP contribution in [0, 0.1) is 0 Å². The first-order chi connectivity index (χ1) is 12.1. The van der Waals surface area contributed by atoms with E-state index in [9.17, 15) is 9.59 Å². The lowest BCUT2D eigenvalue weighted by atomic mass is 10.2. The van der Waals surface area contributed by atoms with E-state index in [2.05, 4.69) is 12.1 Å². The summed E-state index contributed by atoms with van der Waals surface area (Å²) in [6.07, 6.45) is 0.0192. The first-order valence-electron chi connectivity index (χ1n) is 8.09. The topological polar surface area (TPSA) is 55.8 Å². The van der Waals surface area contributed by atoms with Crippen molar-refractivity contribution < 1.29 is 19.1 Å². The summed E-state index contributed by atoms with van der Waals surface area (Å²) in [5.74, 6) is -0.612. The molecule has 7 heteroatoms. The molecule has 1 aromatic carbocycles. The number of fused-ring (bicyclic) bond motifs is 3. The fourth-order valence-electron chi connectivity index (χ4n) is 2.93. The smallest absolute Gasteiger partial charge is 0.348 e. The van der Waals surface area contributed by atoms with Gasteiger partial charge in [-0.15, -0.1) is 22.7 Å². The van der Waals surface area contributed by atoms with Crippen LogP contribution < -0.4 is 0 Å². The number of thiophene rings is 2. The molecule has 1 amide bonds. The minimum Gasteiger partial charge on any atom is -0.451 e. The van der Waals surface area contributed by atoms with Gasteiger partial charge in [-0.3, -0.25) is 4.79 Å². The molecule has 0 N–H and O–H groups in total. The molecule has 3 aromatic rings. The van der Waals surface area contributed by atoms with Crippen molar-refractivity contribution in [1.29, 1.82) is 0 Å². The Kier molecular flexibility index (Phi) is 4.45. The molecule has 1 atom stereocenters. The SMILES string of the molecule is CC1CN(C(=O)COC(=O)c2cc3sc4ccccc4c3s2)CCO1. The van der Waals surface area contributed by atoms with Crippen molar-refractivity contribution >= 4 is 54.0 Å². The Morgan fingerprint density at radius 1 is 1.28 bits per heavy atom. The second-order valence-corrected chi connectivity index (χ2v) is 8.14. The first-order valence-corrected chi connectivity index (χ1v) is 9.72. The summed E-state index contributed by atoms with van der Waals surface area (Å²) in [4.78, 5) is 26.7. The van der Waals surface area contributed by atoms with Crippen LogP contribution in [0.3, 0.4) is 0 Å².